The number of piperidine rings is 1. The SMILES string of the molecule is O=C(O)C[C@@H]1CCN(S(=O)(=O)c2ccccc2)C[C@@H]1CCN1CCN(c2cccc(C(F)(F)F)c2)CC1. The van der Waals surface area contributed by atoms with Gasteiger partial charge in [0, 0.05) is 51.4 Å². The number of benzene rings is 2. The van der Waals surface area contributed by atoms with Crippen LogP contribution in [0.25, 0.3) is 0 Å². The number of piperazine rings is 1. The first kappa shape index (κ1) is 27.4. The summed E-state index contributed by atoms with van der Waals surface area (Å²) in [5, 5.41) is 9.39. The van der Waals surface area contributed by atoms with Crippen LogP contribution in [0.15, 0.2) is 59.5 Å². The number of halogens is 3. The smallest absolute Gasteiger partial charge is 0.416 e. The van der Waals surface area contributed by atoms with E-state index in [-0.39, 0.29) is 29.7 Å². The maximum Gasteiger partial charge on any atom is 0.416 e. The van der Waals surface area contributed by atoms with Crippen LogP contribution in [0.4, 0.5) is 18.9 Å². The second-order valence-electron chi connectivity index (χ2n) is 9.75. The van der Waals surface area contributed by atoms with Crippen molar-refractivity contribution < 1.29 is 31.5 Å². The minimum atomic E-state index is -4.38. The fraction of sp³-hybridized carbons (Fsp3) is 0.500. The highest BCUT2D eigenvalue weighted by Gasteiger charge is 2.37. The molecular weight excluding hydrogens is 507 g/mol. The van der Waals surface area contributed by atoms with E-state index in [1.807, 2.05) is 4.90 Å². The van der Waals surface area contributed by atoms with Crippen molar-refractivity contribution in [3.05, 3.63) is 60.2 Å². The summed E-state index contributed by atoms with van der Waals surface area (Å²) < 4.78 is 67.0. The van der Waals surface area contributed by atoms with Crippen molar-refractivity contribution in [3.63, 3.8) is 0 Å². The Labute approximate surface area is 215 Å². The number of hydrogen-bond donors (Lipinski definition) is 1. The van der Waals surface area contributed by atoms with E-state index >= 15 is 0 Å². The topological polar surface area (TPSA) is 81.2 Å². The standard InChI is InChI=1S/C26H32F3N3O4S/c27-26(28,29)22-5-4-6-23(18-22)31-15-13-30(14-16-31)11-9-21-19-32(12-10-20(21)17-25(33)34)37(35,36)24-7-2-1-3-8-24/h1-8,18,20-21H,9-17,19H2,(H,33,34)/t20-,21-/m0/s1. The first-order chi connectivity index (χ1) is 17.5. The number of sulfonamides is 1. The quantitative estimate of drug-likeness (QED) is 0.546. The number of anilines is 1. The summed E-state index contributed by atoms with van der Waals surface area (Å²) in [6.07, 6.45) is -3.23. The lowest BCUT2D eigenvalue weighted by Gasteiger charge is -2.40. The molecule has 0 aliphatic carbocycles. The van der Waals surface area contributed by atoms with Crippen molar-refractivity contribution in [1.29, 1.82) is 0 Å². The van der Waals surface area contributed by atoms with Crippen molar-refractivity contribution in [3.8, 4) is 0 Å². The van der Waals surface area contributed by atoms with Gasteiger partial charge in [0.2, 0.25) is 10.0 Å². The molecule has 0 bridgehead atoms. The van der Waals surface area contributed by atoms with E-state index in [4.69, 9.17) is 0 Å². The van der Waals surface area contributed by atoms with Gasteiger partial charge < -0.3 is 10.0 Å². The summed E-state index contributed by atoms with van der Waals surface area (Å²) in [6, 6.07) is 13.6. The summed E-state index contributed by atoms with van der Waals surface area (Å²) in [7, 11) is -3.66. The second-order valence-corrected chi connectivity index (χ2v) is 11.7. The van der Waals surface area contributed by atoms with Crippen LogP contribution in [0.1, 0.15) is 24.8 Å². The van der Waals surface area contributed by atoms with Crippen LogP contribution in [0, 0.1) is 11.8 Å². The molecule has 202 valence electrons. The number of alkyl halides is 3. The minimum absolute atomic E-state index is 0.00716. The van der Waals surface area contributed by atoms with E-state index in [0.717, 1.165) is 6.07 Å². The average Bonchev–Trinajstić information content (AvgIpc) is 2.88. The number of rotatable bonds is 8. The minimum Gasteiger partial charge on any atom is -0.481 e. The van der Waals surface area contributed by atoms with Crippen LogP contribution in [-0.2, 0) is 21.0 Å². The first-order valence-corrected chi connectivity index (χ1v) is 13.9. The Morgan fingerprint density at radius 3 is 2.30 bits per heavy atom. The van der Waals surface area contributed by atoms with Gasteiger partial charge in [-0.05, 0) is 61.6 Å². The molecular formula is C26H32F3N3O4S. The summed E-state index contributed by atoms with van der Waals surface area (Å²) >= 11 is 0. The number of nitrogens with zero attached hydrogens (tertiary/aromatic N) is 3. The zero-order valence-electron chi connectivity index (χ0n) is 20.5. The Hall–Kier alpha value is -2.63. The van der Waals surface area contributed by atoms with Gasteiger partial charge in [0.1, 0.15) is 0 Å². The highest BCUT2D eigenvalue weighted by molar-refractivity contribution is 7.89. The normalized spacial score (nSPS) is 22.2. The number of carbonyl (C=O) groups is 1. The van der Waals surface area contributed by atoms with Gasteiger partial charge >= 0.3 is 12.1 Å². The number of hydrogen-bond acceptors (Lipinski definition) is 5. The lowest BCUT2D eigenvalue weighted by molar-refractivity contribution is -0.139. The maximum absolute atomic E-state index is 13.1. The van der Waals surface area contributed by atoms with E-state index < -0.39 is 27.7 Å². The van der Waals surface area contributed by atoms with E-state index in [1.54, 1.807) is 36.4 Å². The molecule has 2 fully saturated rings. The van der Waals surface area contributed by atoms with Crippen LogP contribution in [-0.4, -0.2) is 74.5 Å². The fourth-order valence-electron chi connectivity index (χ4n) is 5.28. The summed E-state index contributed by atoms with van der Waals surface area (Å²) in [4.78, 5) is 15.8. The van der Waals surface area contributed by atoms with Crippen molar-refractivity contribution in [1.82, 2.24) is 9.21 Å². The third kappa shape index (κ3) is 6.82. The van der Waals surface area contributed by atoms with E-state index in [2.05, 4.69) is 4.90 Å². The molecule has 2 saturated heterocycles. The predicted molar refractivity (Wildman–Crippen MR) is 134 cm³/mol. The maximum atomic E-state index is 13.1. The molecule has 0 spiro atoms. The van der Waals surface area contributed by atoms with E-state index in [0.29, 0.717) is 57.8 Å². The molecule has 0 saturated carbocycles. The molecule has 0 unspecified atom stereocenters. The zero-order valence-corrected chi connectivity index (χ0v) is 21.3. The highest BCUT2D eigenvalue weighted by atomic mass is 32.2. The van der Waals surface area contributed by atoms with Gasteiger partial charge in [-0.25, -0.2) is 8.42 Å². The zero-order chi connectivity index (χ0) is 26.6. The van der Waals surface area contributed by atoms with E-state index in [9.17, 15) is 31.5 Å². The summed E-state index contributed by atoms with van der Waals surface area (Å²) in [5.74, 6) is -1.08. The van der Waals surface area contributed by atoms with Crippen molar-refractivity contribution in [2.45, 2.75) is 30.3 Å². The number of carboxylic acid groups (broad SMARTS) is 1. The van der Waals surface area contributed by atoms with Crippen LogP contribution in [0.3, 0.4) is 0 Å². The molecule has 0 aromatic heterocycles. The predicted octanol–water partition coefficient (Wildman–Crippen LogP) is 4.02. The molecule has 2 heterocycles. The molecule has 11 heteroatoms. The third-order valence-electron chi connectivity index (χ3n) is 7.40. The van der Waals surface area contributed by atoms with Gasteiger partial charge in [-0.2, -0.15) is 17.5 Å². The molecule has 0 radical (unpaired) electrons. The van der Waals surface area contributed by atoms with Gasteiger partial charge in [-0.3, -0.25) is 9.69 Å². The molecule has 0 amide bonds. The largest absolute Gasteiger partial charge is 0.481 e. The second kappa shape index (κ2) is 11.4. The van der Waals surface area contributed by atoms with Gasteiger partial charge in [0.25, 0.3) is 0 Å². The number of aliphatic carboxylic acids is 1. The highest BCUT2D eigenvalue weighted by Crippen LogP contribution is 2.34. The van der Waals surface area contributed by atoms with Crippen molar-refractivity contribution in [2.24, 2.45) is 11.8 Å². The van der Waals surface area contributed by atoms with Gasteiger partial charge in [-0.15, -0.1) is 0 Å². The van der Waals surface area contributed by atoms with Crippen LogP contribution < -0.4 is 4.90 Å². The van der Waals surface area contributed by atoms with Gasteiger partial charge in [0.15, 0.2) is 0 Å². The Bertz CT molecular complexity index is 1170. The Balaban J connectivity index is 1.36. The van der Waals surface area contributed by atoms with Crippen molar-refractivity contribution >= 4 is 21.7 Å². The molecule has 2 atom stereocenters. The molecule has 4 rings (SSSR count). The average molecular weight is 540 g/mol. The molecule has 1 N–H and O–H groups in total. The fourth-order valence-corrected chi connectivity index (χ4v) is 6.82. The molecule has 2 aliphatic rings. The van der Waals surface area contributed by atoms with Crippen LogP contribution >= 0.6 is 0 Å². The van der Waals surface area contributed by atoms with Crippen LogP contribution in [0.5, 0.6) is 0 Å². The Morgan fingerprint density at radius 1 is 0.946 bits per heavy atom. The lowest BCUT2D eigenvalue weighted by Crippen LogP contribution is -2.48. The monoisotopic (exact) mass is 539 g/mol. The molecule has 2 aromatic rings. The molecule has 2 aliphatic heterocycles. The van der Waals surface area contributed by atoms with Gasteiger partial charge in [-0.1, -0.05) is 24.3 Å². The number of carboxylic acids is 1. The Morgan fingerprint density at radius 2 is 1.65 bits per heavy atom. The summed E-state index contributed by atoms with van der Waals surface area (Å²) in [5.41, 5.74) is -0.116. The summed E-state index contributed by atoms with van der Waals surface area (Å²) in [6.45, 7) is 3.74. The molecule has 2 aromatic carbocycles. The molecule has 7 nitrogen and oxygen atoms in total. The van der Waals surface area contributed by atoms with E-state index in [1.165, 1.54) is 16.4 Å². The molecule has 37 heavy (non-hydrogen) atoms. The first-order valence-electron chi connectivity index (χ1n) is 12.5. The van der Waals surface area contributed by atoms with Crippen LogP contribution in [0.2, 0.25) is 0 Å². The van der Waals surface area contributed by atoms with Crippen molar-refractivity contribution in [2.75, 3.05) is 50.7 Å². The van der Waals surface area contributed by atoms with Gasteiger partial charge in [0.05, 0.1) is 10.5 Å². The third-order valence-corrected chi connectivity index (χ3v) is 9.28. The Kier molecular flexibility index (Phi) is 8.45. The lowest BCUT2D eigenvalue weighted by atomic mass is 9.82.